The third kappa shape index (κ3) is 6.31. The average molecular weight is 665 g/mol. The second-order valence-electron chi connectivity index (χ2n) is 12.0. The van der Waals surface area contributed by atoms with E-state index in [1.54, 1.807) is 26.1 Å². The van der Waals surface area contributed by atoms with Gasteiger partial charge in [-0.3, -0.25) is 15.1 Å². The molecule has 1 saturated carbocycles. The molecule has 2 N–H and O–H groups in total. The first-order valence-corrected chi connectivity index (χ1v) is 16.7. The van der Waals surface area contributed by atoms with Gasteiger partial charge >= 0.3 is 6.09 Å². The number of carbonyl (C=O) groups is 2. The van der Waals surface area contributed by atoms with E-state index in [4.69, 9.17) is 9.47 Å². The molecule has 47 heavy (non-hydrogen) atoms. The minimum atomic E-state index is -3.72. The molecule has 246 valence electrons. The van der Waals surface area contributed by atoms with Crippen molar-refractivity contribution in [2.45, 2.75) is 55.3 Å². The topological polar surface area (TPSA) is 127 Å². The van der Waals surface area contributed by atoms with Gasteiger partial charge in [0.15, 0.2) is 9.84 Å². The Kier molecular flexibility index (Phi) is 8.51. The van der Waals surface area contributed by atoms with Gasteiger partial charge in [-0.2, -0.15) is 0 Å². The van der Waals surface area contributed by atoms with Gasteiger partial charge in [0.2, 0.25) is 5.91 Å². The van der Waals surface area contributed by atoms with Crippen LogP contribution in [0.1, 0.15) is 54.1 Å². The largest absolute Gasteiger partial charge is 0.496 e. The van der Waals surface area contributed by atoms with E-state index < -0.39 is 50.7 Å². The zero-order valence-corrected chi connectivity index (χ0v) is 27.1. The number of pyridine rings is 1. The summed E-state index contributed by atoms with van der Waals surface area (Å²) in [4.78, 5) is 32.5. The summed E-state index contributed by atoms with van der Waals surface area (Å²) in [6.45, 7) is 3.12. The molecular weight excluding hydrogens is 630 g/mol. The van der Waals surface area contributed by atoms with Crippen LogP contribution in [-0.2, 0) is 25.9 Å². The first kappa shape index (κ1) is 32.2. The molecule has 3 heterocycles. The molecule has 0 saturated heterocycles. The van der Waals surface area contributed by atoms with Gasteiger partial charge in [-0.15, -0.1) is 0 Å². The van der Waals surface area contributed by atoms with Crippen molar-refractivity contribution in [3.63, 3.8) is 0 Å². The normalized spacial score (nSPS) is 19.0. The predicted molar refractivity (Wildman–Crippen MR) is 172 cm³/mol. The number of fused-ring (bicyclic) bond motifs is 10. The molecule has 1 fully saturated rings. The number of sulfone groups is 1. The standard InChI is InChI=1S/C34H34F2N4O6S/c1-18-17-46-34(42)38-22-5-8-31(47(43,44)23-6-7-23)21(11-22)16-40(3)33(41)32(26-15-30(45-4)24(18)13-27(26)35)39-29-12-20-9-10-37-19(2)25(20)14-28(29)36/h5,8-15,18,23,32,39H,6-7,16-17H2,1-4H3,(H,38,42)/t18-,32+/m0/s1. The molecule has 2 atom stereocenters. The highest BCUT2D eigenvalue weighted by Gasteiger charge is 2.39. The van der Waals surface area contributed by atoms with Crippen LogP contribution >= 0.6 is 0 Å². The molecule has 10 nitrogen and oxygen atoms in total. The van der Waals surface area contributed by atoms with E-state index in [0.29, 0.717) is 34.9 Å². The van der Waals surface area contributed by atoms with Gasteiger partial charge < -0.3 is 19.7 Å². The number of nitrogens with zero attached hydrogens (tertiary/aromatic N) is 2. The molecule has 3 aliphatic rings. The zero-order chi connectivity index (χ0) is 33.6. The molecule has 0 spiro atoms. The number of halogens is 2. The molecule has 4 aromatic rings. The summed E-state index contributed by atoms with van der Waals surface area (Å²) < 4.78 is 69.5. The summed E-state index contributed by atoms with van der Waals surface area (Å²) >= 11 is 0. The van der Waals surface area contributed by atoms with Gasteiger partial charge in [0.05, 0.1) is 29.5 Å². The molecule has 0 unspecified atom stereocenters. The minimum Gasteiger partial charge on any atom is -0.496 e. The van der Waals surface area contributed by atoms with Crippen molar-refractivity contribution in [1.29, 1.82) is 0 Å². The number of methoxy groups -OCH3 is 1. The van der Waals surface area contributed by atoms with Gasteiger partial charge in [-0.05, 0) is 79.2 Å². The number of aromatic nitrogens is 1. The molecule has 13 heteroatoms. The van der Waals surface area contributed by atoms with E-state index in [1.807, 2.05) is 0 Å². The first-order valence-electron chi connectivity index (χ1n) is 15.1. The maximum atomic E-state index is 16.1. The lowest BCUT2D eigenvalue weighted by atomic mass is 9.95. The fraction of sp³-hybridized carbons (Fsp3) is 0.324. The highest BCUT2D eigenvalue weighted by Crippen LogP contribution is 2.38. The van der Waals surface area contributed by atoms with Crippen molar-refractivity contribution in [2.75, 3.05) is 31.4 Å². The number of ether oxygens (including phenoxy) is 2. The van der Waals surface area contributed by atoms with E-state index in [2.05, 4.69) is 15.6 Å². The lowest BCUT2D eigenvalue weighted by Crippen LogP contribution is -2.36. The molecule has 1 aliphatic carbocycles. The monoisotopic (exact) mass is 664 g/mol. The molecule has 3 aromatic carbocycles. The second kappa shape index (κ2) is 12.4. The third-order valence-electron chi connectivity index (χ3n) is 8.61. The molecule has 4 bridgehead atoms. The SMILES string of the molecule is COc1cc2c(F)cc1[C@@H](C)COC(=O)Nc1ccc(S(=O)(=O)C3CC3)c(c1)CN(C)C(=O)[C@@H]2Nc1cc2ccnc(C)c2cc1F. The number of hydrogen-bond acceptors (Lipinski definition) is 8. The number of aryl methyl sites for hydroxylation is 1. The fourth-order valence-corrected chi connectivity index (χ4v) is 7.72. The van der Waals surface area contributed by atoms with Crippen LogP contribution in [0.2, 0.25) is 0 Å². The van der Waals surface area contributed by atoms with E-state index in [1.165, 1.54) is 61.5 Å². The molecular formula is C34H34F2N4O6S. The number of rotatable bonds is 5. The lowest BCUT2D eigenvalue weighted by molar-refractivity contribution is -0.131. The zero-order valence-electron chi connectivity index (χ0n) is 26.3. The van der Waals surface area contributed by atoms with Crippen molar-refractivity contribution >= 4 is 44.0 Å². The molecule has 2 aliphatic heterocycles. The van der Waals surface area contributed by atoms with E-state index in [0.717, 1.165) is 0 Å². The van der Waals surface area contributed by atoms with Gasteiger partial charge in [-0.25, -0.2) is 22.0 Å². The molecule has 0 radical (unpaired) electrons. The molecule has 7 rings (SSSR count). The van der Waals surface area contributed by atoms with Crippen LogP contribution in [0, 0.1) is 18.6 Å². The summed E-state index contributed by atoms with van der Waals surface area (Å²) in [5.74, 6) is -2.41. The number of nitrogens with one attached hydrogen (secondary N) is 2. The summed E-state index contributed by atoms with van der Waals surface area (Å²) in [5.41, 5.74) is 1.36. The van der Waals surface area contributed by atoms with Gasteiger partial charge in [0.25, 0.3) is 0 Å². The number of amides is 2. The summed E-state index contributed by atoms with van der Waals surface area (Å²) in [6, 6.07) is 10.0. The summed E-state index contributed by atoms with van der Waals surface area (Å²) in [7, 11) is -0.882. The summed E-state index contributed by atoms with van der Waals surface area (Å²) in [5, 5.41) is 6.25. The summed E-state index contributed by atoms with van der Waals surface area (Å²) in [6.07, 6.45) is 1.84. The van der Waals surface area contributed by atoms with Crippen LogP contribution in [-0.4, -0.2) is 56.3 Å². The number of hydrogen-bond donors (Lipinski definition) is 2. The number of benzene rings is 3. The van der Waals surface area contributed by atoms with Crippen LogP contribution in [0.5, 0.6) is 5.75 Å². The number of carbonyl (C=O) groups excluding carboxylic acids is 2. The Labute approximate surface area is 271 Å². The Morgan fingerprint density at radius 3 is 2.53 bits per heavy atom. The Morgan fingerprint density at radius 2 is 1.81 bits per heavy atom. The first-order chi connectivity index (χ1) is 22.4. The molecule has 1 aromatic heterocycles. The maximum absolute atomic E-state index is 16.1. The van der Waals surface area contributed by atoms with E-state index >= 15 is 8.78 Å². The average Bonchev–Trinajstić information content (AvgIpc) is 3.89. The van der Waals surface area contributed by atoms with Crippen LogP contribution in [0.15, 0.2) is 59.6 Å². The maximum Gasteiger partial charge on any atom is 0.411 e. The highest BCUT2D eigenvalue weighted by atomic mass is 32.2. The Bertz CT molecular complexity index is 2020. The number of likely N-dealkylation sites (N-methyl/N-ethyl adjacent to an activating group) is 1. The Hall–Kier alpha value is -4.78. The predicted octanol–water partition coefficient (Wildman–Crippen LogP) is 6.24. The minimum absolute atomic E-state index is 0.0274. The Balaban J connectivity index is 1.49. The van der Waals surface area contributed by atoms with Crippen molar-refractivity contribution in [1.82, 2.24) is 9.88 Å². The Morgan fingerprint density at radius 1 is 1.04 bits per heavy atom. The fourth-order valence-electron chi connectivity index (χ4n) is 5.86. The van der Waals surface area contributed by atoms with Crippen molar-refractivity contribution < 1.29 is 36.3 Å². The van der Waals surface area contributed by atoms with Crippen LogP contribution < -0.4 is 15.4 Å². The second-order valence-corrected chi connectivity index (χ2v) is 14.2. The van der Waals surface area contributed by atoms with E-state index in [9.17, 15) is 18.0 Å². The van der Waals surface area contributed by atoms with Crippen LogP contribution in [0.4, 0.5) is 25.0 Å². The van der Waals surface area contributed by atoms with Gasteiger partial charge in [0, 0.05) is 53.6 Å². The van der Waals surface area contributed by atoms with Crippen molar-refractivity contribution in [3.05, 3.63) is 88.7 Å². The van der Waals surface area contributed by atoms with Crippen molar-refractivity contribution in [3.8, 4) is 5.75 Å². The number of anilines is 2. The molecule has 2 amide bonds. The van der Waals surface area contributed by atoms with Gasteiger partial charge in [0.1, 0.15) is 23.4 Å². The van der Waals surface area contributed by atoms with E-state index in [-0.39, 0.29) is 46.3 Å². The lowest BCUT2D eigenvalue weighted by Gasteiger charge is -2.28. The van der Waals surface area contributed by atoms with Crippen LogP contribution in [0.3, 0.4) is 0 Å². The highest BCUT2D eigenvalue weighted by molar-refractivity contribution is 7.92. The van der Waals surface area contributed by atoms with Crippen LogP contribution in [0.25, 0.3) is 10.8 Å². The quantitative estimate of drug-likeness (QED) is 0.257. The van der Waals surface area contributed by atoms with Crippen molar-refractivity contribution in [2.24, 2.45) is 0 Å². The smallest absolute Gasteiger partial charge is 0.411 e. The van der Waals surface area contributed by atoms with Gasteiger partial charge in [-0.1, -0.05) is 6.92 Å². The third-order valence-corrected chi connectivity index (χ3v) is 11.0.